The molecule has 0 bridgehead atoms. The summed E-state index contributed by atoms with van der Waals surface area (Å²) in [6, 6.07) is 0. The molecule has 0 aliphatic rings. The van der Waals surface area contributed by atoms with Crippen molar-refractivity contribution in [2.75, 3.05) is 0 Å². The minimum absolute atomic E-state index is 0.301. The van der Waals surface area contributed by atoms with Gasteiger partial charge < -0.3 is 15.2 Å². The van der Waals surface area contributed by atoms with Crippen molar-refractivity contribution in [3.05, 3.63) is 12.1 Å². The van der Waals surface area contributed by atoms with E-state index in [-0.39, 0.29) is 5.95 Å². The topological polar surface area (TPSA) is 78.6 Å². The second kappa shape index (κ2) is 4.32. The summed E-state index contributed by atoms with van der Waals surface area (Å²) in [5.41, 5.74) is 4.95. The molecule has 0 aromatic heterocycles. The SMILES string of the molecule is CC(=O)OC(=CN)OC(C)=O. The predicted molar refractivity (Wildman–Crippen MR) is 35.8 cm³/mol. The average Bonchev–Trinajstić information content (AvgIpc) is 1.84. The van der Waals surface area contributed by atoms with E-state index in [2.05, 4.69) is 9.47 Å². The van der Waals surface area contributed by atoms with Crippen LogP contribution in [0.1, 0.15) is 13.8 Å². The predicted octanol–water partition coefficient (Wildman–Crippen LogP) is -0.130. The van der Waals surface area contributed by atoms with Crippen LogP contribution in [0.5, 0.6) is 0 Å². The van der Waals surface area contributed by atoms with Gasteiger partial charge in [0.2, 0.25) is 0 Å². The Morgan fingerprint density at radius 1 is 1.18 bits per heavy atom. The number of esters is 2. The van der Waals surface area contributed by atoms with Gasteiger partial charge in [-0.2, -0.15) is 0 Å². The van der Waals surface area contributed by atoms with Crippen molar-refractivity contribution in [3.63, 3.8) is 0 Å². The van der Waals surface area contributed by atoms with Gasteiger partial charge >= 0.3 is 17.9 Å². The standard InChI is InChI=1S/C6H9NO4/c1-4(8)10-6(3-7)11-5(2)9/h3H,7H2,1-2H3. The first-order chi connectivity index (χ1) is 5.06. The normalized spacial score (nSPS) is 8.18. The average molecular weight is 159 g/mol. The third kappa shape index (κ3) is 4.95. The van der Waals surface area contributed by atoms with Gasteiger partial charge in [-0.05, 0) is 0 Å². The molecule has 11 heavy (non-hydrogen) atoms. The lowest BCUT2D eigenvalue weighted by Crippen LogP contribution is -2.07. The van der Waals surface area contributed by atoms with Crippen molar-refractivity contribution in [2.24, 2.45) is 5.73 Å². The largest absolute Gasteiger partial charge is 0.399 e. The van der Waals surface area contributed by atoms with E-state index in [9.17, 15) is 9.59 Å². The highest BCUT2D eigenvalue weighted by Crippen LogP contribution is 1.97. The molecule has 0 atom stereocenters. The molecule has 0 saturated heterocycles. The third-order valence-corrected chi connectivity index (χ3v) is 0.625. The molecule has 0 aliphatic carbocycles. The highest BCUT2D eigenvalue weighted by molar-refractivity contribution is 5.69. The molecule has 0 aromatic carbocycles. The Morgan fingerprint density at radius 2 is 1.55 bits per heavy atom. The van der Waals surface area contributed by atoms with Crippen LogP contribution in [0, 0.1) is 0 Å². The lowest BCUT2D eigenvalue weighted by molar-refractivity contribution is -0.151. The van der Waals surface area contributed by atoms with Crippen molar-refractivity contribution in [1.29, 1.82) is 0 Å². The molecular formula is C6H9NO4. The Labute approximate surface area is 63.8 Å². The lowest BCUT2D eigenvalue weighted by Gasteiger charge is -2.03. The minimum Gasteiger partial charge on any atom is -0.399 e. The Balaban J connectivity index is 3.99. The summed E-state index contributed by atoms with van der Waals surface area (Å²) in [5, 5.41) is 0. The molecule has 5 nitrogen and oxygen atoms in total. The number of rotatable bonds is 2. The molecule has 0 spiro atoms. The van der Waals surface area contributed by atoms with Crippen LogP contribution in [0.4, 0.5) is 0 Å². The first kappa shape index (κ1) is 9.48. The third-order valence-electron chi connectivity index (χ3n) is 0.625. The Hall–Kier alpha value is -1.52. The summed E-state index contributed by atoms with van der Waals surface area (Å²) < 4.78 is 8.73. The van der Waals surface area contributed by atoms with E-state index in [1.807, 2.05) is 0 Å². The number of hydrogen-bond acceptors (Lipinski definition) is 5. The monoisotopic (exact) mass is 159 g/mol. The zero-order valence-corrected chi connectivity index (χ0v) is 6.29. The molecule has 0 saturated carbocycles. The van der Waals surface area contributed by atoms with Crippen LogP contribution in [-0.4, -0.2) is 11.9 Å². The van der Waals surface area contributed by atoms with Crippen LogP contribution >= 0.6 is 0 Å². The molecule has 0 aromatic rings. The van der Waals surface area contributed by atoms with Gasteiger partial charge in [0.25, 0.3) is 0 Å². The fourth-order valence-corrected chi connectivity index (χ4v) is 0.372. The highest BCUT2D eigenvalue weighted by atomic mass is 16.7. The van der Waals surface area contributed by atoms with Crippen LogP contribution in [-0.2, 0) is 19.1 Å². The van der Waals surface area contributed by atoms with Crippen molar-refractivity contribution < 1.29 is 19.1 Å². The summed E-state index contributed by atoms with van der Waals surface area (Å²) in [5.74, 6) is -1.49. The smallest absolute Gasteiger partial charge is 0.311 e. The number of carbonyl (C=O) groups is 2. The summed E-state index contributed by atoms with van der Waals surface area (Å²) in [6.45, 7) is 2.35. The van der Waals surface area contributed by atoms with Crippen molar-refractivity contribution in [2.45, 2.75) is 13.8 Å². The van der Waals surface area contributed by atoms with Crippen molar-refractivity contribution in [1.82, 2.24) is 0 Å². The van der Waals surface area contributed by atoms with Crippen LogP contribution in [0.25, 0.3) is 0 Å². The van der Waals surface area contributed by atoms with Gasteiger partial charge in [0.15, 0.2) is 0 Å². The Kier molecular flexibility index (Phi) is 3.72. The van der Waals surface area contributed by atoms with E-state index in [0.29, 0.717) is 0 Å². The number of nitrogens with two attached hydrogens (primary N) is 1. The molecule has 62 valence electrons. The van der Waals surface area contributed by atoms with Crippen LogP contribution in [0.2, 0.25) is 0 Å². The van der Waals surface area contributed by atoms with Crippen molar-refractivity contribution in [3.8, 4) is 0 Å². The van der Waals surface area contributed by atoms with E-state index in [1.165, 1.54) is 13.8 Å². The van der Waals surface area contributed by atoms with Gasteiger partial charge in [-0.15, -0.1) is 0 Å². The summed E-state index contributed by atoms with van der Waals surface area (Å²) in [7, 11) is 0. The van der Waals surface area contributed by atoms with Crippen LogP contribution in [0.3, 0.4) is 0 Å². The minimum atomic E-state index is -0.594. The van der Waals surface area contributed by atoms with Gasteiger partial charge in [0.1, 0.15) is 0 Å². The van der Waals surface area contributed by atoms with Gasteiger partial charge in [-0.3, -0.25) is 9.59 Å². The second-order valence-corrected chi connectivity index (χ2v) is 1.67. The van der Waals surface area contributed by atoms with Gasteiger partial charge in [-0.25, -0.2) is 0 Å². The van der Waals surface area contributed by atoms with E-state index >= 15 is 0 Å². The quantitative estimate of drug-likeness (QED) is 0.448. The molecule has 5 heteroatoms. The Bertz CT molecular complexity index is 179. The molecule has 0 radical (unpaired) electrons. The van der Waals surface area contributed by atoms with Gasteiger partial charge in [0, 0.05) is 13.8 Å². The molecule has 0 amide bonds. The van der Waals surface area contributed by atoms with Crippen molar-refractivity contribution >= 4 is 11.9 Å². The fraction of sp³-hybridized carbons (Fsp3) is 0.333. The maximum absolute atomic E-state index is 10.3. The molecule has 0 rings (SSSR count). The summed E-state index contributed by atoms with van der Waals surface area (Å²) in [4.78, 5) is 20.6. The zero-order chi connectivity index (χ0) is 8.85. The molecule has 0 fully saturated rings. The molecular weight excluding hydrogens is 150 g/mol. The Morgan fingerprint density at radius 3 is 1.73 bits per heavy atom. The maximum atomic E-state index is 10.3. The summed E-state index contributed by atoms with van der Waals surface area (Å²) in [6.07, 6.45) is 0.892. The highest BCUT2D eigenvalue weighted by Gasteiger charge is 2.04. The summed E-state index contributed by atoms with van der Waals surface area (Å²) >= 11 is 0. The zero-order valence-electron chi connectivity index (χ0n) is 6.29. The first-order valence-electron chi connectivity index (χ1n) is 2.85. The first-order valence-corrected chi connectivity index (χ1v) is 2.85. The van der Waals surface area contributed by atoms with E-state index in [1.54, 1.807) is 0 Å². The second-order valence-electron chi connectivity index (χ2n) is 1.67. The van der Waals surface area contributed by atoms with E-state index in [4.69, 9.17) is 5.73 Å². The fourth-order valence-electron chi connectivity index (χ4n) is 0.372. The molecule has 2 N–H and O–H groups in total. The lowest BCUT2D eigenvalue weighted by atomic mass is 10.7. The van der Waals surface area contributed by atoms with Crippen LogP contribution < -0.4 is 5.73 Å². The molecule has 0 heterocycles. The van der Waals surface area contributed by atoms with E-state index in [0.717, 1.165) is 6.20 Å². The number of hydrogen-bond donors (Lipinski definition) is 1. The molecule has 0 aliphatic heterocycles. The van der Waals surface area contributed by atoms with Gasteiger partial charge in [0.05, 0.1) is 6.20 Å². The van der Waals surface area contributed by atoms with Gasteiger partial charge in [-0.1, -0.05) is 0 Å². The maximum Gasteiger partial charge on any atom is 0.311 e. The number of ether oxygens (including phenoxy) is 2. The van der Waals surface area contributed by atoms with E-state index < -0.39 is 11.9 Å². The number of carbonyl (C=O) groups excluding carboxylic acids is 2. The molecule has 0 unspecified atom stereocenters. The van der Waals surface area contributed by atoms with Crippen LogP contribution in [0.15, 0.2) is 12.1 Å².